The molecule has 29 heteroatoms. The van der Waals surface area contributed by atoms with Crippen LogP contribution in [0.4, 0.5) is 0 Å². The minimum atomic E-state index is -1.52. The molecular weight excluding hydrogens is 1310 g/mol. The number of benzene rings is 2. The summed E-state index contributed by atoms with van der Waals surface area (Å²) in [7, 11) is 0. The molecule has 0 saturated carbocycles. The lowest BCUT2D eigenvalue weighted by atomic mass is 10.0. The third-order valence-electron chi connectivity index (χ3n) is 17.5. The highest BCUT2D eigenvalue weighted by Crippen LogP contribution is 2.21. The monoisotopic (exact) mass is 1430 g/mol. The second-order valence-corrected chi connectivity index (χ2v) is 25.9. The molecule has 1 aromatic heterocycles. The number of guanidine groups is 1. The zero-order valence-electron chi connectivity index (χ0n) is 60.3. The van der Waals surface area contributed by atoms with Crippen LogP contribution < -0.4 is 70.4 Å². The number of rotatable bonds is 45. The van der Waals surface area contributed by atoms with Gasteiger partial charge in [0.05, 0.1) is 52.9 Å². The molecule has 0 radical (unpaired) electrons. The molecule has 1 aliphatic heterocycles. The fourth-order valence-corrected chi connectivity index (χ4v) is 11.6. The first-order chi connectivity index (χ1) is 49.4. The molecular formula is C73H119N15O14. The van der Waals surface area contributed by atoms with Gasteiger partial charge in [-0.3, -0.25) is 53.4 Å². The van der Waals surface area contributed by atoms with E-state index >= 15 is 0 Å². The molecule has 18 N–H and O–H groups in total. The number of primary amides is 1. The number of unbranched alkanes of at least 4 members (excludes halogenated alkanes) is 13. The summed E-state index contributed by atoms with van der Waals surface area (Å²) in [6.45, 7) is 6.48. The van der Waals surface area contributed by atoms with E-state index in [-0.39, 0.29) is 109 Å². The van der Waals surface area contributed by atoms with Crippen LogP contribution in [0, 0.1) is 5.41 Å². The van der Waals surface area contributed by atoms with Crippen LogP contribution >= 0.6 is 0 Å². The van der Waals surface area contributed by atoms with Gasteiger partial charge in [0.25, 0.3) is 0 Å². The van der Waals surface area contributed by atoms with Gasteiger partial charge in [0.15, 0.2) is 5.96 Å². The summed E-state index contributed by atoms with van der Waals surface area (Å²) >= 11 is 0. The molecule has 0 bridgehead atoms. The average Bonchev–Trinajstić information content (AvgIpc) is 1.77. The van der Waals surface area contributed by atoms with Crippen LogP contribution in [0.2, 0.25) is 0 Å². The van der Waals surface area contributed by atoms with Crippen LogP contribution in [-0.2, 0) is 79.7 Å². The third-order valence-corrected chi connectivity index (χ3v) is 17.5. The Morgan fingerprint density at radius 1 is 0.559 bits per heavy atom. The fourth-order valence-electron chi connectivity index (χ4n) is 11.6. The van der Waals surface area contributed by atoms with Crippen molar-refractivity contribution in [2.24, 2.45) is 17.2 Å². The summed E-state index contributed by atoms with van der Waals surface area (Å²) in [4.78, 5) is 142. The number of aromatic amines is 1. The quantitative estimate of drug-likeness (QED) is 0.0219. The molecule has 4 rings (SSSR count). The van der Waals surface area contributed by atoms with Crippen molar-refractivity contribution in [3.8, 4) is 0 Å². The molecule has 1 aliphatic rings. The van der Waals surface area contributed by atoms with Crippen LogP contribution in [0.3, 0.4) is 0 Å². The number of carbonyl (C=O) groups is 10. The average molecular weight is 1430 g/mol. The largest absolute Gasteiger partial charge is 0.379 e. The van der Waals surface area contributed by atoms with Gasteiger partial charge in [-0.1, -0.05) is 152 Å². The lowest BCUT2D eigenvalue weighted by molar-refractivity contribution is -0.136. The molecule has 2 heterocycles. The molecule has 0 unspecified atom stereocenters. The van der Waals surface area contributed by atoms with Gasteiger partial charge in [0.1, 0.15) is 42.3 Å². The number of fused-ring (bicyclic) bond motifs is 1. The topological polar surface area (TPSA) is 446 Å². The number of H-pyrrole nitrogens is 1. The molecule has 0 spiro atoms. The predicted molar refractivity (Wildman–Crippen MR) is 390 cm³/mol. The van der Waals surface area contributed by atoms with Crippen LogP contribution in [0.5, 0.6) is 0 Å². The highest BCUT2D eigenvalue weighted by atomic mass is 16.6. The van der Waals surface area contributed by atoms with E-state index in [1.54, 1.807) is 36.5 Å². The zero-order valence-corrected chi connectivity index (χ0v) is 60.3. The van der Waals surface area contributed by atoms with Crippen LogP contribution in [0.15, 0.2) is 60.8 Å². The Labute approximate surface area is 601 Å². The number of nitrogens with one attached hydrogen (secondary N) is 12. The second-order valence-electron chi connectivity index (χ2n) is 25.9. The predicted octanol–water partition coefficient (Wildman–Crippen LogP) is 3.38. The highest BCUT2D eigenvalue weighted by Gasteiger charge is 2.35. The standard InChI is InChI=1S/C73H119N15O14/c1-3-5-7-8-9-10-11-12-13-14-15-16-20-33-63(89)79-39-41-100-43-45-102-47-46-101-44-42-99-40-36-65(91)82-57(29-6-4-2)67(93)85-59-34-35-64(90)78-37-24-23-31-56(66(75)92)83-71(97)61(49-53-51-81-55-30-22-21-28-54(53)55)87-68(94)58(32-25-38-80-73(76)77)84-70(96)60(48-52-26-18-17-19-27-52)86-72(98)62(50-74)88-69(59)95/h17-19,21-22,26-28,30,51,56-62,81H,3-16,20,23-25,29,31-50,74H2,1-2H3,(H2,75,92)(H,78,90)(H,79,89)(H,82,91)(H,83,97)(H,84,96)(H,85,93)(H,86,98)(H,87,94)(H,88,95)(H4,76,77,80)/t56-,57-,58-,59-,60+,61-,62-/m0/s1. The van der Waals surface area contributed by atoms with Gasteiger partial charge < -0.3 is 94.3 Å². The fraction of sp³-hybridized carbons (Fsp3) is 0.658. The summed E-state index contributed by atoms with van der Waals surface area (Å²) in [6.07, 6.45) is 19.9. The van der Waals surface area contributed by atoms with Crippen LogP contribution in [0.25, 0.3) is 10.9 Å². The van der Waals surface area contributed by atoms with Crippen molar-refractivity contribution in [1.82, 2.24) is 58.2 Å². The smallest absolute Gasteiger partial charge is 0.244 e. The Kier molecular flexibility index (Phi) is 44.5. The molecule has 102 heavy (non-hydrogen) atoms. The van der Waals surface area contributed by atoms with E-state index < -0.39 is 102 Å². The van der Waals surface area contributed by atoms with E-state index in [1.807, 2.05) is 31.2 Å². The first kappa shape index (κ1) is 86.2. The zero-order chi connectivity index (χ0) is 74.0. The molecule has 10 amide bonds. The number of nitrogens with two attached hydrogens (primary N) is 3. The lowest BCUT2D eigenvalue weighted by Gasteiger charge is -2.28. The third kappa shape index (κ3) is 37.1. The second kappa shape index (κ2) is 52.7. The number of amides is 10. The van der Waals surface area contributed by atoms with Crippen molar-refractivity contribution in [2.45, 2.75) is 230 Å². The van der Waals surface area contributed by atoms with E-state index in [9.17, 15) is 47.9 Å². The normalized spacial score (nSPS) is 18.8. The number of hydrogen-bond donors (Lipinski definition) is 15. The number of aromatic nitrogens is 1. The summed E-state index contributed by atoms with van der Waals surface area (Å²) in [5, 5.41) is 35.8. The van der Waals surface area contributed by atoms with Gasteiger partial charge in [0.2, 0.25) is 59.1 Å². The first-order valence-corrected chi connectivity index (χ1v) is 37.0. The summed E-state index contributed by atoms with van der Waals surface area (Å²) < 4.78 is 22.4. The summed E-state index contributed by atoms with van der Waals surface area (Å²) in [5.74, 6) is -7.10. The van der Waals surface area contributed by atoms with Crippen LogP contribution in [0.1, 0.15) is 185 Å². The Morgan fingerprint density at radius 3 is 1.75 bits per heavy atom. The maximum Gasteiger partial charge on any atom is 0.244 e. The molecule has 2 aromatic carbocycles. The van der Waals surface area contributed by atoms with Crippen molar-refractivity contribution in [1.29, 1.82) is 5.41 Å². The van der Waals surface area contributed by atoms with Crippen molar-refractivity contribution in [3.63, 3.8) is 0 Å². The summed E-state index contributed by atoms with van der Waals surface area (Å²) in [6, 6.07) is 6.54. The molecule has 1 fully saturated rings. The maximum absolute atomic E-state index is 14.7. The lowest BCUT2D eigenvalue weighted by Crippen LogP contribution is -2.61. The first-order valence-electron chi connectivity index (χ1n) is 37.0. The van der Waals surface area contributed by atoms with Crippen LogP contribution in [-0.4, -0.2) is 191 Å². The number of hydrogen-bond acceptors (Lipinski definition) is 16. The van der Waals surface area contributed by atoms with E-state index in [1.165, 1.54) is 70.6 Å². The van der Waals surface area contributed by atoms with Crippen molar-refractivity contribution in [3.05, 3.63) is 71.9 Å². The van der Waals surface area contributed by atoms with Gasteiger partial charge in [-0.15, -0.1) is 0 Å². The van der Waals surface area contributed by atoms with E-state index in [4.69, 9.17) is 41.6 Å². The van der Waals surface area contributed by atoms with Crippen molar-refractivity contribution >= 4 is 75.9 Å². The van der Waals surface area contributed by atoms with E-state index in [2.05, 4.69) is 65.1 Å². The number of para-hydroxylation sites is 1. The molecule has 0 aliphatic carbocycles. The van der Waals surface area contributed by atoms with Gasteiger partial charge in [0, 0.05) is 75.4 Å². The van der Waals surface area contributed by atoms with Gasteiger partial charge in [-0.05, 0) is 68.6 Å². The van der Waals surface area contributed by atoms with Gasteiger partial charge in [-0.25, -0.2) is 0 Å². The minimum Gasteiger partial charge on any atom is -0.379 e. The SMILES string of the molecule is CCCCCCCCCCCCCCCC(=O)NCCOCCOCCOCCOCCC(=O)N[C@@H](CCCC)C(=O)N[C@H]1CCC(=O)NCCCC[C@@H](C(N)=O)NC(=O)[C@H](Cc2c[nH]c3ccccc23)NC(=O)[C@H](CCCNC(=N)N)NC(=O)[C@@H](Cc2ccccc2)NC(=O)[C@H](CN)NC1=O. The molecule has 29 nitrogen and oxygen atoms in total. The van der Waals surface area contributed by atoms with Crippen molar-refractivity contribution in [2.75, 3.05) is 79.0 Å². The Bertz CT molecular complexity index is 2980. The Balaban J connectivity index is 1.33. The van der Waals surface area contributed by atoms with Gasteiger partial charge >= 0.3 is 0 Å². The van der Waals surface area contributed by atoms with Crippen molar-refractivity contribution < 1.29 is 66.9 Å². The van der Waals surface area contributed by atoms with E-state index in [0.29, 0.717) is 76.4 Å². The summed E-state index contributed by atoms with van der Waals surface area (Å²) in [5.41, 5.74) is 19.6. The maximum atomic E-state index is 14.7. The number of ether oxygens (including phenoxy) is 4. The number of carbonyl (C=O) groups excluding carboxylic acids is 10. The van der Waals surface area contributed by atoms with E-state index in [0.717, 1.165) is 23.7 Å². The highest BCUT2D eigenvalue weighted by molar-refractivity contribution is 5.98. The van der Waals surface area contributed by atoms with Gasteiger partial charge in [-0.2, -0.15) is 0 Å². The minimum absolute atomic E-state index is 0.00720. The Morgan fingerprint density at radius 2 is 1.12 bits per heavy atom. The molecule has 7 atom stereocenters. The molecule has 570 valence electrons. The Hall–Kier alpha value is -8.25. The molecule has 3 aromatic rings. The molecule has 1 saturated heterocycles.